The van der Waals surface area contributed by atoms with E-state index in [9.17, 15) is 13.6 Å². The molecule has 5 nitrogen and oxygen atoms in total. The lowest BCUT2D eigenvalue weighted by Crippen LogP contribution is -2.12. The van der Waals surface area contributed by atoms with Crippen molar-refractivity contribution in [3.8, 4) is 22.8 Å². The molecule has 0 spiro atoms. The number of thiazole rings is 1. The summed E-state index contributed by atoms with van der Waals surface area (Å²) in [5.41, 5.74) is 1.29. The Bertz CT molecular complexity index is 1010. The molecule has 0 atom stereocenters. The van der Waals surface area contributed by atoms with E-state index in [2.05, 4.69) is 10.3 Å². The molecular formula is C19H14F2N2O3S. The van der Waals surface area contributed by atoms with Gasteiger partial charge in [-0.3, -0.25) is 10.1 Å². The maximum atomic E-state index is 13.4. The van der Waals surface area contributed by atoms with Gasteiger partial charge in [-0.15, -0.1) is 11.3 Å². The first-order valence-corrected chi connectivity index (χ1v) is 9.10. The van der Waals surface area contributed by atoms with Gasteiger partial charge in [0.05, 0.1) is 18.9 Å². The average Bonchev–Trinajstić information content (AvgIpc) is 2.99. The molecule has 0 unspecified atom stereocenters. The molecule has 0 saturated carbocycles. The van der Waals surface area contributed by atoms with E-state index < -0.39 is 11.6 Å². The lowest BCUT2D eigenvalue weighted by molar-refractivity contribution is 0.102. The molecule has 2 aromatic carbocycles. The van der Waals surface area contributed by atoms with Gasteiger partial charge in [0.15, 0.2) is 28.3 Å². The number of anilines is 1. The maximum absolute atomic E-state index is 13.4. The minimum atomic E-state index is -0.946. The van der Waals surface area contributed by atoms with Crippen LogP contribution in [0, 0.1) is 11.6 Å². The van der Waals surface area contributed by atoms with Crippen molar-refractivity contribution in [3.63, 3.8) is 0 Å². The Kier molecular flexibility index (Phi) is 4.72. The number of amides is 1. The van der Waals surface area contributed by atoms with Gasteiger partial charge in [0.2, 0.25) is 0 Å². The summed E-state index contributed by atoms with van der Waals surface area (Å²) in [6, 6.07) is 8.51. The minimum absolute atomic E-state index is 0.350. The molecule has 0 bridgehead atoms. The largest absolute Gasteiger partial charge is 0.490 e. The second kappa shape index (κ2) is 7.32. The first-order chi connectivity index (χ1) is 13.1. The monoisotopic (exact) mass is 388 g/mol. The molecular weight excluding hydrogens is 374 g/mol. The van der Waals surface area contributed by atoms with E-state index >= 15 is 0 Å². The molecule has 1 amide bonds. The van der Waals surface area contributed by atoms with Crippen LogP contribution in [0.4, 0.5) is 13.9 Å². The van der Waals surface area contributed by atoms with Crippen molar-refractivity contribution in [1.82, 2.24) is 4.98 Å². The van der Waals surface area contributed by atoms with Crippen molar-refractivity contribution in [3.05, 3.63) is 59.0 Å². The third-order valence-corrected chi connectivity index (χ3v) is 4.71. The molecule has 0 aliphatic carbocycles. The molecule has 8 heteroatoms. The summed E-state index contributed by atoms with van der Waals surface area (Å²) in [5.74, 6) is -1.08. The number of ether oxygens (including phenoxy) is 2. The molecule has 1 N–H and O–H groups in total. The molecule has 4 rings (SSSR count). The highest BCUT2D eigenvalue weighted by atomic mass is 32.1. The molecule has 0 fully saturated rings. The summed E-state index contributed by atoms with van der Waals surface area (Å²) < 4.78 is 37.6. The van der Waals surface area contributed by atoms with Gasteiger partial charge >= 0.3 is 0 Å². The van der Waals surface area contributed by atoms with Crippen LogP contribution >= 0.6 is 11.3 Å². The lowest BCUT2D eigenvalue weighted by atomic mass is 10.2. The van der Waals surface area contributed by atoms with Crippen LogP contribution in [0.5, 0.6) is 11.5 Å². The van der Waals surface area contributed by atoms with E-state index in [-0.39, 0.29) is 5.91 Å². The molecule has 3 aromatic rings. The molecule has 1 aliphatic rings. The van der Waals surface area contributed by atoms with Gasteiger partial charge in [0, 0.05) is 22.9 Å². The van der Waals surface area contributed by atoms with Crippen LogP contribution < -0.4 is 14.8 Å². The smallest absolute Gasteiger partial charge is 0.257 e. The fraction of sp³-hybridized carbons (Fsp3) is 0.158. The SMILES string of the molecule is O=C(Nc1nc(-c2ccc(F)c(F)c2)cs1)c1ccc2c(c1)OCCCO2. The number of halogens is 2. The number of hydrogen-bond acceptors (Lipinski definition) is 5. The molecule has 1 aromatic heterocycles. The van der Waals surface area contributed by atoms with Crippen molar-refractivity contribution < 1.29 is 23.0 Å². The van der Waals surface area contributed by atoms with E-state index in [1.54, 1.807) is 23.6 Å². The van der Waals surface area contributed by atoms with E-state index in [1.807, 2.05) is 0 Å². The van der Waals surface area contributed by atoms with E-state index in [4.69, 9.17) is 9.47 Å². The fourth-order valence-electron chi connectivity index (χ4n) is 2.59. The number of carbonyl (C=O) groups is 1. The Balaban J connectivity index is 1.51. The van der Waals surface area contributed by atoms with E-state index in [0.717, 1.165) is 18.6 Å². The number of nitrogens with one attached hydrogen (secondary N) is 1. The second-order valence-corrected chi connectivity index (χ2v) is 6.69. The van der Waals surface area contributed by atoms with E-state index in [1.165, 1.54) is 17.4 Å². The van der Waals surface area contributed by atoms with Gasteiger partial charge in [-0.05, 0) is 36.4 Å². The Labute approximate surface area is 157 Å². The van der Waals surface area contributed by atoms with Crippen molar-refractivity contribution in [2.24, 2.45) is 0 Å². The zero-order valence-electron chi connectivity index (χ0n) is 14.0. The van der Waals surface area contributed by atoms with Crippen molar-refractivity contribution in [2.75, 3.05) is 18.5 Å². The summed E-state index contributed by atoms with van der Waals surface area (Å²) >= 11 is 1.19. The third kappa shape index (κ3) is 3.75. The zero-order valence-corrected chi connectivity index (χ0v) is 14.8. The summed E-state index contributed by atoms with van der Waals surface area (Å²) in [6.07, 6.45) is 0.780. The topological polar surface area (TPSA) is 60.5 Å². The van der Waals surface area contributed by atoms with Crippen molar-refractivity contribution in [2.45, 2.75) is 6.42 Å². The molecule has 2 heterocycles. The highest BCUT2D eigenvalue weighted by Crippen LogP contribution is 2.31. The van der Waals surface area contributed by atoms with Crippen LogP contribution in [0.1, 0.15) is 16.8 Å². The van der Waals surface area contributed by atoms with Crippen LogP contribution in [0.2, 0.25) is 0 Å². The number of fused-ring (bicyclic) bond motifs is 1. The summed E-state index contributed by atoms with van der Waals surface area (Å²) in [7, 11) is 0. The quantitative estimate of drug-likeness (QED) is 0.718. The Hall–Kier alpha value is -3.00. The molecule has 0 saturated heterocycles. The van der Waals surface area contributed by atoms with Gasteiger partial charge in [-0.2, -0.15) is 0 Å². The zero-order chi connectivity index (χ0) is 18.8. The molecule has 0 radical (unpaired) electrons. The van der Waals surface area contributed by atoms with Crippen LogP contribution in [0.25, 0.3) is 11.3 Å². The Morgan fingerprint density at radius 1 is 1.04 bits per heavy atom. The van der Waals surface area contributed by atoms with Gasteiger partial charge in [0.25, 0.3) is 5.91 Å². The van der Waals surface area contributed by atoms with Crippen molar-refractivity contribution >= 4 is 22.4 Å². The Morgan fingerprint density at radius 2 is 1.85 bits per heavy atom. The standard InChI is InChI=1S/C19H14F2N2O3S/c20-13-4-2-11(8-14(13)21)15-10-27-19(22-15)23-18(24)12-3-5-16-17(9-12)26-7-1-6-25-16/h2-5,8-10H,1,6-7H2,(H,22,23,24). The number of benzene rings is 2. The van der Waals surface area contributed by atoms with Crippen LogP contribution in [-0.4, -0.2) is 24.1 Å². The highest BCUT2D eigenvalue weighted by Gasteiger charge is 2.16. The van der Waals surface area contributed by atoms with Gasteiger partial charge < -0.3 is 9.47 Å². The summed E-state index contributed by atoms with van der Waals surface area (Å²) in [6.45, 7) is 1.10. The molecule has 27 heavy (non-hydrogen) atoms. The maximum Gasteiger partial charge on any atom is 0.257 e. The number of nitrogens with zero attached hydrogens (tertiary/aromatic N) is 1. The predicted octanol–water partition coefficient (Wildman–Crippen LogP) is 4.50. The van der Waals surface area contributed by atoms with Crippen LogP contribution in [-0.2, 0) is 0 Å². The lowest BCUT2D eigenvalue weighted by Gasteiger charge is -2.09. The highest BCUT2D eigenvalue weighted by molar-refractivity contribution is 7.14. The first-order valence-electron chi connectivity index (χ1n) is 8.22. The normalized spacial score (nSPS) is 13.1. The summed E-state index contributed by atoms with van der Waals surface area (Å²) in [5, 5.41) is 4.72. The first kappa shape index (κ1) is 17.4. The number of rotatable bonds is 3. The predicted molar refractivity (Wildman–Crippen MR) is 97.5 cm³/mol. The Morgan fingerprint density at radius 3 is 2.67 bits per heavy atom. The number of carbonyl (C=O) groups excluding carboxylic acids is 1. The fourth-order valence-corrected chi connectivity index (χ4v) is 3.31. The third-order valence-electron chi connectivity index (χ3n) is 3.95. The van der Waals surface area contributed by atoms with Crippen molar-refractivity contribution in [1.29, 1.82) is 0 Å². The van der Waals surface area contributed by atoms with E-state index in [0.29, 0.717) is 46.7 Å². The average molecular weight is 388 g/mol. The summed E-state index contributed by atoms with van der Waals surface area (Å²) in [4.78, 5) is 16.7. The number of hydrogen-bond donors (Lipinski definition) is 1. The van der Waals surface area contributed by atoms with Gasteiger partial charge in [-0.1, -0.05) is 0 Å². The second-order valence-electron chi connectivity index (χ2n) is 5.83. The van der Waals surface area contributed by atoms with Crippen LogP contribution in [0.15, 0.2) is 41.8 Å². The molecule has 1 aliphatic heterocycles. The van der Waals surface area contributed by atoms with Gasteiger partial charge in [-0.25, -0.2) is 13.8 Å². The minimum Gasteiger partial charge on any atom is -0.490 e. The molecule has 138 valence electrons. The van der Waals surface area contributed by atoms with Gasteiger partial charge in [0.1, 0.15) is 0 Å². The van der Waals surface area contributed by atoms with Crippen LogP contribution in [0.3, 0.4) is 0 Å². The number of aromatic nitrogens is 1.